The maximum absolute atomic E-state index is 13.3. The van der Waals surface area contributed by atoms with Gasteiger partial charge in [-0.05, 0) is 59.9 Å². The van der Waals surface area contributed by atoms with Crippen molar-refractivity contribution in [2.75, 3.05) is 26.2 Å². The van der Waals surface area contributed by atoms with Gasteiger partial charge in [0.1, 0.15) is 5.82 Å². The topological polar surface area (TPSA) is 74.3 Å². The second-order valence-corrected chi connectivity index (χ2v) is 9.28. The van der Waals surface area contributed by atoms with E-state index in [-0.39, 0.29) is 34.5 Å². The number of rotatable bonds is 6. The smallest absolute Gasteiger partial charge is 0.253 e. The molecule has 162 valence electrons. The van der Waals surface area contributed by atoms with Crippen LogP contribution in [0.2, 0.25) is 0 Å². The molecule has 1 aromatic carbocycles. The summed E-state index contributed by atoms with van der Waals surface area (Å²) in [5.41, 5.74) is 1.64. The third-order valence-electron chi connectivity index (χ3n) is 7.34. The van der Waals surface area contributed by atoms with Gasteiger partial charge in [-0.3, -0.25) is 14.6 Å². The third kappa shape index (κ3) is 3.61. The van der Waals surface area contributed by atoms with Crippen LogP contribution < -0.4 is 10.6 Å². The lowest BCUT2D eigenvalue weighted by atomic mass is 9.31. The Kier molecular flexibility index (Phi) is 5.01. The highest BCUT2D eigenvalue weighted by molar-refractivity contribution is 5.94. The van der Waals surface area contributed by atoms with Gasteiger partial charge in [0.05, 0.1) is 5.56 Å². The standard InChI is InChI=1S/C24H27FN4O2/c25-19-5-3-18(4-6-19)23-14-24(15-23,16-23)20(12-21(30)29-10-8-26-9-11-29)28-22(31)17-2-1-7-27-13-17/h1-7,13,20,26H,8-12,14-16H2,(H,28,31). The van der Waals surface area contributed by atoms with E-state index in [1.807, 2.05) is 17.0 Å². The highest BCUT2D eigenvalue weighted by atomic mass is 19.1. The van der Waals surface area contributed by atoms with E-state index in [1.165, 1.54) is 12.1 Å². The van der Waals surface area contributed by atoms with E-state index in [9.17, 15) is 14.0 Å². The monoisotopic (exact) mass is 422 g/mol. The average molecular weight is 423 g/mol. The van der Waals surface area contributed by atoms with Crippen LogP contribution in [-0.2, 0) is 10.2 Å². The second kappa shape index (κ2) is 7.71. The minimum absolute atomic E-state index is 0.0586. The fourth-order valence-corrected chi connectivity index (χ4v) is 5.72. The van der Waals surface area contributed by atoms with Crippen molar-refractivity contribution in [2.45, 2.75) is 37.1 Å². The molecule has 2 bridgehead atoms. The molecule has 4 aliphatic rings. The number of amides is 2. The summed E-state index contributed by atoms with van der Waals surface area (Å²) < 4.78 is 13.3. The fourth-order valence-electron chi connectivity index (χ4n) is 5.72. The van der Waals surface area contributed by atoms with Crippen LogP contribution in [0.5, 0.6) is 0 Å². The molecule has 1 aromatic heterocycles. The van der Waals surface area contributed by atoms with Crippen molar-refractivity contribution < 1.29 is 14.0 Å². The summed E-state index contributed by atoms with van der Waals surface area (Å²) in [6.45, 7) is 3.01. The molecule has 3 saturated carbocycles. The van der Waals surface area contributed by atoms with Gasteiger partial charge < -0.3 is 15.5 Å². The zero-order chi connectivity index (χ0) is 21.5. The Bertz CT molecular complexity index is 953. The van der Waals surface area contributed by atoms with E-state index in [0.717, 1.165) is 37.9 Å². The van der Waals surface area contributed by atoms with Crippen molar-refractivity contribution in [1.29, 1.82) is 0 Å². The average Bonchev–Trinajstić information content (AvgIpc) is 2.74. The van der Waals surface area contributed by atoms with Crippen molar-refractivity contribution in [1.82, 2.24) is 20.5 Å². The van der Waals surface area contributed by atoms with Crippen molar-refractivity contribution in [3.63, 3.8) is 0 Å². The second-order valence-electron chi connectivity index (χ2n) is 9.28. The predicted molar refractivity (Wildman–Crippen MR) is 114 cm³/mol. The molecule has 4 fully saturated rings. The van der Waals surface area contributed by atoms with Crippen molar-refractivity contribution in [2.24, 2.45) is 5.41 Å². The highest BCUT2D eigenvalue weighted by Crippen LogP contribution is 2.75. The molecule has 6 rings (SSSR count). The number of nitrogens with one attached hydrogen (secondary N) is 2. The Balaban J connectivity index is 1.32. The molecule has 7 heteroatoms. The summed E-state index contributed by atoms with van der Waals surface area (Å²) in [6, 6.07) is 10.0. The predicted octanol–water partition coefficient (Wildman–Crippen LogP) is 2.26. The normalized spacial score (nSPS) is 27.6. The number of piperazine rings is 1. The SMILES string of the molecule is O=C(NC(CC(=O)N1CCNCC1)C12CC(c3ccc(F)cc3)(C1)C2)c1cccnc1. The van der Waals surface area contributed by atoms with Crippen LogP contribution in [0.15, 0.2) is 48.8 Å². The minimum atomic E-state index is -0.228. The van der Waals surface area contributed by atoms with Gasteiger partial charge in [0.15, 0.2) is 0 Å². The summed E-state index contributed by atoms with van der Waals surface area (Å²) >= 11 is 0. The van der Waals surface area contributed by atoms with E-state index >= 15 is 0 Å². The van der Waals surface area contributed by atoms with Gasteiger partial charge in [0, 0.05) is 51.0 Å². The summed E-state index contributed by atoms with van der Waals surface area (Å²) in [5.74, 6) is -0.321. The Labute approximate surface area is 181 Å². The number of carbonyl (C=O) groups is 2. The van der Waals surface area contributed by atoms with E-state index in [4.69, 9.17) is 0 Å². The number of nitrogens with zero attached hydrogens (tertiary/aromatic N) is 2. The molecular formula is C24H27FN4O2. The van der Waals surface area contributed by atoms with E-state index < -0.39 is 0 Å². The van der Waals surface area contributed by atoms with E-state index in [1.54, 1.807) is 24.5 Å². The molecule has 1 saturated heterocycles. The first kappa shape index (κ1) is 20.1. The van der Waals surface area contributed by atoms with Crippen LogP contribution in [0.25, 0.3) is 0 Å². The van der Waals surface area contributed by atoms with Gasteiger partial charge in [0.25, 0.3) is 5.91 Å². The Hall–Kier alpha value is -2.80. The van der Waals surface area contributed by atoms with Gasteiger partial charge >= 0.3 is 0 Å². The Morgan fingerprint density at radius 1 is 1.13 bits per heavy atom. The summed E-state index contributed by atoms with van der Waals surface area (Å²) in [6.07, 6.45) is 6.24. The lowest BCUT2D eigenvalue weighted by molar-refractivity contribution is -0.169. The zero-order valence-corrected chi connectivity index (χ0v) is 17.4. The minimum Gasteiger partial charge on any atom is -0.348 e. The number of carbonyl (C=O) groups excluding carboxylic acids is 2. The maximum atomic E-state index is 13.3. The van der Waals surface area contributed by atoms with E-state index in [2.05, 4.69) is 15.6 Å². The number of pyridine rings is 1. The van der Waals surface area contributed by atoms with Gasteiger partial charge in [-0.1, -0.05) is 12.1 Å². The third-order valence-corrected chi connectivity index (χ3v) is 7.34. The van der Waals surface area contributed by atoms with Gasteiger partial charge in [-0.2, -0.15) is 0 Å². The molecule has 0 radical (unpaired) electrons. The molecule has 1 aliphatic heterocycles. The number of aromatic nitrogens is 1. The summed E-state index contributed by atoms with van der Waals surface area (Å²) in [5, 5.41) is 6.43. The molecule has 6 nitrogen and oxygen atoms in total. The van der Waals surface area contributed by atoms with Crippen LogP contribution in [0.1, 0.15) is 41.6 Å². The van der Waals surface area contributed by atoms with Crippen LogP contribution in [0.3, 0.4) is 0 Å². The molecule has 1 unspecified atom stereocenters. The first-order valence-electron chi connectivity index (χ1n) is 11.0. The largest absolute Gasteiger partial charge is 0.348 e. The molecule has 2 aromatic rings. The molecule has 2 N–H and O–H groups in total. The van der Waals surface area contributed by atoms with Crippen LogP contribution in [0.4, 0.5) is 4.39 Å². The zero-order valence-electron chi connectivity index (χ0n) is 17.4. The first-order valence-corrected chi connectivity index (χ1v) is 11.0. The van der Waals surface area contributed by atoms with Crippen molar-refractivity contribution in [3.8, 4) is 0 Å². The molecular weight excluding hydrogens is 395 g/mol. The molecule has 3 aliphatic carbocycles. The van der Waals surface area contributed by atoms with Crippen molar-refractivity contribution in [3.05, 3.63) is 65.7 Å². The van der Waals surface area contributed by atoms with Gasteiger partial charge in [-0.25, -0.2) is 4.39 Å². The number of hydrogen-bond donors (Lipinski definition) is 2. The number of halogens is 1. The lowest BCUT2D eigenvalue weighted by Gasteiger charge is -2.73. The fraction of sp³-hybridized carbons (Fsp3) is 0.458. The Morgan fingerprint density at radius 2 is 1.84 bits per heavy atom. The molecule has 0 spiro atoms. The van der Waals surface area contributed by atoms with Crippen molar-refractivity contribution >= 4 is 11.8 Å². The molecule has 1 atom stereocenters. The van der Waals surface area contributed by atoms with Crippen LogP contribution >= 0.6 is 0 Å². The van der Waals surface area contributed by atoms with Gasteiger partial charge in [0.2, 0.25) is 5.91 Å². The summed E-state index contributed by atoms with van der Waals surface area (Å²) in [7, 11) is 0. The highest BCUT2D eigenvalue weighted by Gasteiger charge is 2.71. The first-order chi connectivity index (χ1) is 15.0. The number of benzene rings is 1. The molecule has 2 heterocycles. The Morgan fingerprint density at radius 3 is 2.48 bits per heavy atom. The summed E-state index contributed by atoms with van der Waals surface area (Å²) in [4.78, 5) is 31.8. The quantitative estimate of drug-likeness (QED) is 0.749. The van der Waals surface area contributed by atoms with Gasteiger partial charge in [-0.15, -0.1) is 0 Å². The maximum Gasteiger partial charge on any atom is 0.253 e. The molecule has 2 amide bonds. The van der Waals surface area contributed by atoms with Crippen LogP contribution in [0, 0.1) is 11.2 Å². The van der Waals surface area contributed by atoms with E-state index in [0.29, 0.717) is 25.1 Å². The lowest BCUT2D eigenvalue weighted by Crippen LogP contribution is -2.72. The number of hydrogen-bond acceptors (Lipinski definition) is 4. The van der Waals surface area contributed by atoms with Crippen LogP contribution in [-0.4, -0.2) is 53.9 Å². The molecule has 31 heavy (non-hydrogen) atoms.